The predicted molar refractivity (Wildman–Crippen MR) is 89.2 cm³/mol. The first-order valence-electron chi connectivity index (χ1n) is 7.82. The van der Waals surface area contributed by atoms with Crippen molar-refractivity contribution in [1.82, 2.24) is 10.3 Å². The van der Waals surface area contributed by atoms with Gasteiger partial charge >= 0.3 is 5.97 Å². The van der Waals surface area contributed by atoms with Crippen molar-refractivity contribution in [3.63, 3.8) is 0 Å². The van der Waals surface area contributed by atoms with Crippen LogP contribution in [-0.2, 0) is 14.3 Å². The Morgan fingerprint density at radius 1 is 1.12 bits per heavy atom. The summed E-state index contributed by atoms with van der Waals surface area (Å²) in [5.41, 5.74) is 0.716. The Kier molecular flexibility index (Phi) is 6.62. The summed E-state index contributed by atoms with van der Waals surface area (Å²) in [5.74, 6) is -1.61. The van der Waals surface area contributed by atoms with Gasteiger partial charge in [0.1, 0.15) is 6.10 Å². The molecular weight excluding hydrogens is 324 g/mol. The average molecular weight is 344 g/mol. The smallest absolute Gasteiger partial charge is 0.331 e. The molecule has 132 valence electrons. The minimum atomic E-state index is -1.47. The van der Waals surface area contributed by atoms with Crippen molar-refractivity contribution in [2.45, 2.75) is 25.2 Å². The first-order chi connectivity index (χ1) is 12.0. The van der Waals surface area contributed by atoms with Crippen molar-refractivity contribution in [3.8, 4) is 0 Å². The van der Waals surface area contributed by atoms with Crippen LogP contribution in [-0.4, -0.2) is 39.7 Å². The second-order valence-electron chi connectivity index (χ2n) is 5.28. The predicted octanol–water partition coefficient (Wildman–Crippen LogP) is 0.896. The van der Waals surface area contributed by atoms with Gasteiger partial charge in [0.05, 0.1) is 6.61 Å². The summed E-state index contributed by atoms with van der Waals surface area (Å²) in [6.07, 6.45) is 0.0724. The zero-order chi connectivity index (χ0) is 18.2. The number of pyridine rings is 1. The molecule has 2 aromatic rings. The number of aliphatic hydroxyl groups is 2. The fraction of sp³-hybridized carbons (Fsp3) is 0.278. The summed E-state index contributed by atoms with van der Waals surface area (Å²) in [4.78, 5) is 28.3. The van der Waals surface area contributed by atoms with Gasteiger partial charge in [-0.15, -0.1) is 0 Å². The number of carbonyl (C=O) groups excluding carboxylic acids is 2. The van der Waals surface area contributed by atoms with Crippen LogP contribution in [0.2, 0.25) is 0 Å². The number of ether oxygens (including phenoxy) is 1. The Labute approximate surface area is 145 Å². The zero-order valence-electron chi connectivity index (χ0n) is 13.7. The maximum Gasteiger partial charge on any atom is 0.331 e. The molecule has 3 atom stereocenters. The number of nitrogens with zero attached hydrogens (tertiary/aromatic N) is 1. The summed E-state index contributed by atoms with van der Waals surface area (Å²) in [6.45, 7) is 1.71. The van der Waals surface area contributed by atoms with E-state index >= 15 is 0 Å². The van der Waals surface area contributed by atoms with Crippen molar-refractivity contribution in [1.29, 1.82) is 0 Å². The van der Waals surface area contributed by atoms with Crippen LogP contribution in [0.5, 0.6) is 0 Å². The third-order valence-electron chi connectivity index (χ3n) is 3.54. The minimum Gasteiger partial charge on any atom is -0.464 e. The molecule has 3 N–H and O–H groups in total. The van der Waals surface area contributed by atoms with Crippen molar-refractivity contribution in [3.05, 3.63) is 66.0 Å². The highest BCUT2D eigenvalue weighted by Crippen LogP contribution is 2.19. The molecule has 0 saturated heterocycles. The van der Waals surface area contributed by atoms with Crippen LogP contribution >= 0.6 is 0 Å². The van der Waals surface area contributed by atoms with Crippen molar-refractivity contribution < 1.29 is 24.5 Å². The third-order valence-corrected chi connectivity index (χ3v) is 3.54. The topological polar surface area (TPSA) is 109 Å². The van der Waals surface area contributed by atoms with Gasteiger partial charge in [-0.3, -0.25) is 9.78 Å². The van der Waals surface area contributed by atoms with Crippen molar-refractivity contribution in [2.24, 2.45) is 0 Å². The lowest BCUT2D eigenvalue weighted by Crippen LogP contribution is -2.47. The van der Waals surface area contributed by atoms with Crippen LogP contribution in [0.25, 0.3) is 0 Å². The maximum atomic E-state index is 12.3. The second kappa shape index (κ2) is 8.91. The number of nitrogens with one attached hydrogen (secondary N) is 1. The van der Waals surface area contributed by atoms with Crippen LogP contribution in [0.4, 0.5) is 0 Å². The normalized spacial score (nSPS) is 14.2. The number of carbonyl (C=O) groups is 2. The van der Waals surface area contributed by atoms with E-state index in [9.17, 15) is 19.8 Å². The summed E-state index contributed by atoms with van der Waals surface area (Å²) < 4.78 is 4.92. The molecular formula is C18H20N2O5. The quantitative estimate of drug-likeness (QED) is 0.644. The van der Waals surface area contributed by atoms with E-state index in [1.165, 1.54) is 12.4 Å². The SMILES string of the molecule is CCOC(=O)[C@H](NC(=O)[C@H](O)c1ccccc1)[C@@H](O)c1cccnc1. The van der Waals surface area contributed by atoms with E-state index in [0.717, 1.165) is 0 Å². The van der Waals surface area contributed by atoms with E-state index in [4.69, 9.17) is 4.74 Å². The van der Waals surface area contributed by atoms with Crippen molar-refractivity contribution >= 4 is 11.9 Å². The number of esters is 1. The molecule has 0 aliphatic rings. The highest BCUT2D eigenvalue weighted by atomic mass is 16.5. The Morgan fingerprint density at radius 3 is 2.40 bits per heavy atom. The van der Waals surface area contributed by atoms with E-state index in [1.807, 2.05) is 0 Å². The first-order valence-corrected chi connectivity index (χ1v) is 7.82. The molecule has 0 saturated carbocycles. The monoisotopic (exact) mass is 344 g/mol. The molecule has 0 fully saturated rings. The van der Waals surface area contributed by atoms with Gasteiger partial charge < -0.3 is 20.3 Å². The highest BCUT2D eigenvalue weighted by Gasteiger charge is 2.33. The van der Waals surface area contributed by atoms with Crippen molar-refractivity contribution in [2.75, 3.05) is 6.61 Å². The van der Waals surface area contributed by atoms with Crippen LogP contribution in [0.15, 0.2) is 54.9 Å². The second-order valence-corrected chi connectivity index (χ2v) is 5.28. The van der Waals surface area contributed by atoms with Crippen LogP contribution in [0.1, 0.15) is 30.3 Å². The van der Waals surface area contributed by atoms with E-state index in [-0.39, 0.29) is 6.61 Å². The summed E-state index contributed by atoms with van der Waals surface area (Å²) in [7, 11) is 0. The molecule has 7 heteroatoms. The fourth-order valence-electron chi connectivity index (χ4n) is 2.26. The summed E-state index contributed by atoms with van der Waals surface area (Å²) in [5, 5.41) is 22.9. The summed E-state index contributed by atoms with van der Waals surface area (Å²) >= 11 is 0. The number of rotatable bonds is 7. The lowest BCUT2D eigenvalue weighted by atomic mass is 10.0. The van der Waals surface area contributed by atoms with E-state index in [1.54, 1.807) is 49.4 Å². The van der Waals surface area contributed by atoms with Gasteiger partial charge in [-0.2, -0.15) is 0 Å². The molecule has 25 heavy (non-hydrogen) atoms. The van der Waals surface area contributed by atoms with Crippen LogP contribution < -0.4 is 5.32 Å². The van der Waals surface area contributed by atoms with Gasteiger partial charge in [-0.25, -0.2) is 4.79 Å². The van der Waals surface area contributed by atoms with Gasteiger partial charge in [0.15, 0.2) is 12.1 Å². The Balaban J connectivity index is 2.18. The molecule has 1 heterocycles. The molecule has 1 aromatic heterocycles. The number of hydrogen-bond acceptors (Lipinski definition) is 6. The number of aliphatic hydroxyl groups excluding tert-OH is 2. The fourth-order valence-corrected chi connectivity index (χ4v) is 2.26. The standard InChI is InChI=1S/C18H20N2O5/c1-2-25-18(24)14(15(21)13-9-6-10-19-11-13)20-17(23)16(22)12-7-4-3-5-8-12/h3-11,14-16,21-22H,2H2,1H3,(H,20,23)/t14-,15+,16-/m1/s1. The Hall–Kier alpha value is -2.77. The lowest BCUT2D eigenvalue weighted by molar-refractivity contribution is -0.152. The molecule has 2 rings (SSSR count). The van der Waals surface area contributed by atoms with Gasteiger partial charge in [0, 0.05) is 18.0 Å². The molecule has 7 nitrogen and oxygen atoms in total. The van der Waals surface area contributed by atoms with Gasteiger partial charge in [-0.1, -0.05) is 36.4 Å². The zero-order valence-corrected chi connectivity index (χ0v) is 13.7. The van der Waals surface area contributed by atoms with E-state index in [0.29, 0.717) is 11.1 Å². The lowest BCUT2D eigenvalue weighted by Gasteiger charge is -2.24. The third kappa shape index (κ3) is 4.85. The molecule has 1 aromatic carbocycles. The van der Waals surface area contributed by atoms with Crippen LogP contribution in [0.3, 0.4) is 0 Å². The first kappa shape index (κ1) is 18.6. The average Bonchev–Trinajstić information content (AvgIpc) is 2.66. The number of hydrogen-bond donors (Lipinski definition) is 3. The largest absolute Gasteiger partial charge is 0.464 e. The number of amides is 1. The van der Waals surface area contributed by atoms with Gasteiger partial charge in [0.2, 0.25) is 0 Å². The van der Waals surface area contributed by atoms with E-state index in [2.05, 4.69) is 10.3 Å². The van der Waals surface area contributed by atoms with Crippen LogP contribution in [0, 0.1) is 0 Å². The molecule has 0 unspecified atom stereocenters. The highest BCUT2D eigenvalue weighted by molar-refractivity contribution is 5.88. The van der Waals surface area contributed by atoms with Gasteiger partial charge in [0.25, 0.3) is 5.91 Å². The molecule has 0 aliphatic heterocycles. The number of benzene rings is 1. The maximum absolute atomic E-state index is 12.3. The molecule has 0 radical (unpaired) electrons. The van der Waals surface area contributed by atoms with E-state index < -0.39 is 30.1 Å². The Bertz CT molecular complexity index is 693. The van der Waals surface area contributed by atoms with Gasteiger partial charge in [-0.05, 0) is 18.6 Å². The summed E-state index contributed by atoms with van der Waals surface area (Å²) in [6, 6.07) is 10.1. The molecule has 1 amide bonds. The molecule has 0 aliphatic carbocycles. The molecule has 0 spiro atoms. The Morgan fingerprint density at radius 2 is 1.80 bits per heavy atom. The number of aromatic nitrogens is 1. The molecule has 0 bridgehead atoms. The minimum absolute atomic E-state index is 0.0895.